The van der Waals surface area contributed by atoms with E-state index in [1.807, 2.05) is 7.05 Å². The Hall–Kier alpha value is -0.120. The van der Waals surface area contributed by atoms with Gasteiger partial charge in [0.15, 0.2) is 5.79 Å². The van der Waals surface area contributed by atoms with Gasteiger partial charge in [0.25, 0.3) is 0 Å². The van der Waals surface area contributed by atoms with Gasteiger partial charge in [-0.2, -0.15) is 0 Å². The van der Waals surface area contributed by atoms with Gasteiger partial charge in [-0.25, -0.2) is 0 Å². The van der Waals surface area contributed by atoms with E-state index >= 15 is 0 Å². The molecule has 0 bridgehead atoms. The van der Waals surface area contributed by atoms with Crippen molar-refractivity contribution >= 4 is 0 Å². The summed E-state index contributed by atoms with van der Waals surface area (Å²) < 4.78 is 10.9. The zero-order valence-electron chi connectivity index (χ0n) is 6.64. The summed E-state index contributed by atoms with van der Waals surface area (Å²) in [4.78, 5) is 0. The average molecular weight is 145 g/mol. The van der Waals surface area contributed by atoms with E-state index in [0.717, 1.165) is 26.2 Å². The van der Waals surface area contributed by atoms with Gasteiger partial charge >= 0.3 is 0 Å². The lowest BCUT2D eigenvalue weighted by Gasteiger charge is -2.25. The summed E-state index contributed by atoms with van der Waals surface area (Å²) in [6.45, 7) is 4.32. The number of nitrogens with one attached hydrogen (secondary N) is 1. The smallest absolute Gasteiger partial charge is 0.180 e. The maximum Gasteiger partial charge on any atom is 0.180 e. The van der Waals surface area contributed by atoms with Crippen LogP contribution >= 0.6 is 0 Å². The molecule has 1 aliphatic rings. The van der Waals surface area contributed by atoms with Crippen LogP contribution in [0.5, 0.6) is 0 Å². The van der Waals surface area contributed by atoms with Crippen LogP contribution in [0.3, 0.4) is 0 Å². The highest BCUT2D eigenvalue weighted by Gasteiger charge is 2.33. The van der Waals surface area contributed by atoms with Gasteiger partial charge in [-0.15, -0.1) is 0 Å². The van der Waals surface area contributed by atoms with E-state index in [4.69, 9.17) is 9.47 Å². The molecule has 1 heterocycles. The Bertz CT molecular complexity index is 99.8. The zero-order valence-corrected chi connectivity index (χ0v) is 6.64. The number of ether oxygens (including phenoxy) is 2. The van der Waals surface area contributed by atoms with Gasteiger partial charge in [-0.3, -0.25) is 0 Å². The first-order valence-electron chi connectivity index (χ1n) is 3.75. The molecule has 0 aromatic heterocycles. The second kappa shape index (κ2) is 3.32. The molecule has 1 saturated heterocycles. The lowest BCUT2D eigenvalue weighted by atomic mass is 10.2. The van der Waals surface area contributed by atoms with E-state index < -0.39 is 0 Å². The quantitative estimate of drug-likeness (QED) is 0.622. The van der Waals surface area contributed by atoms with Gasteiger partial charge in [0.1, 0.15) is 0 Å². The zero-order chi connectivity index (χ0) is 7.45. The molecule has 3 nitrogen and oxygen atoms in total. The first kappa shape index (κ1) is 7.98. The van der Waals surface area contributed by atoms with Crippen molar-refractivity contribution in [2.75, 3.05) is 26.8 Å². The van der Waals surface area contributed by atoms with Crippen molar-refractivity contribution < 1.29 is 9.47 Å². The van der Waals surface area contributed by atoms with E-state index in [9.17, 15) is 0 Å². The maximum atomic E-state index is 5.45. The van der Waals surface area contributed by atoms with Gasteiger partial charge < -0.3 is 14.8 Å². The summed E-state index contributed by atoms with van der Waals surface area (Å²) in [5.41, 5.74) is 0. The fourth-order valence-corrected chi connectivity index (χ4v) is 1.20. The van der Waals surface area contributed by atoms with E-state index in [0.29, 0.717) is 0 Å². The third kappa shape index (κ3) is 1.48. The third-order valence-electron chi connectivity index (χ3n) is 1.80. The van der Waals surface area contributed by atoms with E-state index in [-0.39, 0.29) is 5.79 Å². The van der Waals surface area contributed by atoms with Crippen LogP contribution in [-0.4, -0.2) is 32.6 Å². The van der Waals surface area contributed by atoms with E-state index in [2.05, 4.69) is 12.2 Å². The molecule has 3 heteroatoms. The summed E-state index contributed by atoms with van der Waals surface area (Å²) >= 11 is 0. The predicted molar refractivity (Wildman–Crippen MR) is 38.9 cm³/mol. The molecular formula is C7H15NO2. The standard InChI is InChI=1S/C7H15NO2/c1-3-7(6-8-2)9-4-5-10-7/h8H,3-6H2,1-2H3. The first-order valence-corrected chi connectivity index (χ1v) is 3.75. The fraction of sp³-hybridized carbons (Fsp3) is 1.00. The lowest BCUT2D eigenvalue weighted by Crippen LogP contribution is -2.39. The van der Waals surface area contributed by atoms with Crippen molar-refractivity contribution in [2.45, 2.75) is 19.1 Å². The van der Waals surface area contributed by atoms with E-state index in [1.54, 1.807) is 0 Å². The van der Waals surface area contributed by atoms with Crippen LogP contribution in [-0.2, 0) is 9.47 Å². The van der Waals surface area contributed by atoms with Crippen LogP contribution in [0.1, 0.15) is 13.3 Å². The molecule has 0 aliphatic carbocycles. The Morgan fingerprint density at radius 1 is 1.40 bits per heavy atom. The molecule has 0 atom stereocenters. The van der Waals surface area contributed by atoms with Crippen LogP contribution in [0, 0.1) is 0 Å². The van der Waals surface area contributed by atoms with Crippen LogP contribution in [0.15, 0.2) is 0 Å². The summed E-state index contributed by atoms with van der Waals surface area (Å²) in [5, 5.41) is 3.05. The van der Waals surface area contributed by atoms with Crippen LogP contribution in [0.25, 0.3) is 0 Å². The Balaban J connectivity index is 2.41. The Kier molecular flexibility index (Phi) is 2.65. The van der Waals surface area contributed by atoms with Crippen LogP contribution in [0.4, 0.5) is 0 Å². The van der Waals surface area contributed by atoms with Gasteiger partial charge in [0, 0.05) is 6.54 Å². The molecule has 0 radical (unpaired) electrons. The molecule has 0 aromatic rings. The van der Waals surface area contributed by atoms with E-state index in [1.165, 1.54) is 0 Å². The van der Waals surface area contributed by atoms with Crippen molar-refractivity contribution in [3.63, 3.8) is 0 Å². The van der Waals surface area contributed by atoms with Gasteiger partial charge in [-0.05, 0) is 13.5 Å². The minimum absolute atomic E-state index is 0.325. The molecule has 1 aliphatic heterocycles. The largest absolute Gasteiger partial charge is 0.346 e. The SMILES string of the molecule is CCC1(CNC)OCCO1. The van der Waals surface area contributed by atoms with Crippen molar-refractivity contribution in [2.24, 2.45) is 0 Å². The molecule has 1 N–H and O–H groups in total. The van der Waals surface area contributed by atoms with Crippen molar-refractivity contribution in [3.8, 4) is 0 Å². The molecule has 1 rings (SSSR count). The van der Waals surface area contributed by atoms with Crippen LogP contribution < -0.4 is 5.32 Å². The molecule has 10 heavy (non-hydrogen) atoms. The normalized spacial score (nSPS) is 23.4. The fourth-order valence-electron chi connectivity index (χ4n) is 1.20. The molecule has 0 unspecified atom stereocenters. The monoisotopic (exact) mass is 145 g/mol. The predicted octanol–water partition coefficient (Wildman–Crippen LogP) is 0.359. The summed E-state index contributed by atoms with van der Waals surface area (Å²) in [7, 11) is 1.91. The van der Waals surface area contributed by atoms with Crippen molar-refractivity contribution in [3.05, 3.63) is 0 Å². The Labute approximate surface area is 61.7 Å². The number of likely N-dealkylation sites (N-methyl/N-ethyl adjacent to an activating group) is 1. The second-order valence-electron chi connectivity index (χ2n) is 2.49. The molecular weight excluding hydrogens is 130 g/mol. The highest BCUT2D eigenvalue weighted by Crippen LogP contribution is 2.21. The lowest BCUT2D eigenvalue weighted by molar-refractivity contribution is -0.154. The molecule has 0 spiro atoms. The summed E-state index contributed by atoms with van der Waals surface area (Å²) in [6.07, 6.45) is 0.911. The molecule has 0 amide bonds. The number of rotatable bonds is 3. The molecule has 1 fully saturated rings. The van der Waals surface area contributed by atoms with Crippen LogP contribution in [0.2, 0.25) is 0 Å². The third-order valence-corrected chi connectivity index (χ3v) is 1.80. The average Bonchev–Trinajstić information content (AvgIpc) is 2.39. The van der Waals surface area contributed by atoms with Gasteiger partial charge in [0.05, 0.1) is 13.2 Å². The highest BCUT2D eigenvalue weighted by molar-refractivity contribution is 4.73. The summed E-state index contributed by atoms with van der Waals surface area (Å²) in [6, 6.07) is 0. The first-order chi connectivity index (χ1) is 4.83. The highest BCUT2D eigenvalue weighted by atomic mass is 16.7. The van der Waals surface area contributed by atoms with Crippen molar-refractivity contribution in [1.82, 2.24) is 5.32 Å². The van der Waals surface area contributed by atoms with Gasteiger partial charge in [0.2, 0.25) is 0 Å². The number of hydrogen-bond donors (Lipinski definition) is 1. The second-order valence-corrected chi connectivity index (χ2v) is 2.49. The summed E-state index contributed by atoms with van der Waals surface area (Å²) in [5.74, 6) is -0.325. The van der Waals surface area contributed by atoms with Crippen molar-refractivity contribution in [1.29, 1.82) is 0 Å². The molecule has 0 saturated carbocycles. The molecule has 0 aromatic carbocycles. The minimum Gasteiger partial charge on any atom is -0.346 e. The Morgan fingerprint density at radius 2 is 2.00 bits per heavy atom. The minimum atomic E-state index is -0.325. The number of hydrogen-bond acceptors (Lipinski definition) is 3. The Morgan fingerprint density at radius 3 is 2.40 bits per heavy atom. The topological polar surface area (TPSA) is 30.5 Å². The molecule has 60 valence electrons. The van der Waals surface area contributed by atoms with Gasteiger partial charge in [-0.1, -0.05) is 6.92 Å². The maximum absolute atomic E-state index is 5.45.